The maximum absolute atomic E-state index is 14.0. The lowest BCUT2D eigenvalue weighted by Crippen LogP contribution is -2.23. The lowest BCUT2D eigenvalue weighted by Gasteiger charge is -2.20. The fraction of sp³-hybridized carbons (Fsp3) is 0.286. The molecule has 1 nitrogen and oxygen atoms in total. The largest absolute Gasteiger partial charge is 0.416 e. The fourth-order valence-electron chi connectivity index (χ4n) is 2.00. The zero-order chi connectivity index (χ0) is 15.6. The number of halogens is 5. The van der Waals surface area contributed by atoms with E-state index in [4.69, 9.17) is 11.6 Å². The molecule has 1 atom stereocenters. The minimum Gasteiger partial charge on any atom is -0.306 e. The van der Waals surface area contributed by atoms with Crippen molar-refractivity contribution < 1.29 is 17.6 Å². The Morgan fingerprint density at radius 3 is 2.52 bits per heavy atom. The van der Waals surface area contributed by atoms with Crippen LogP contribution in [0.1, 0.15) is 29.0 Å². The lowest BCUT2D eigenvalue weighted by molar-refractivity contribution is -0.137. The van der Waals surface area contributed by atoms with E-state index in [-0.39, 0.29) is 5.56 Å². The van der Waals surface area contributed by atoms with Crippen LogP contribution in [0.2, 0.25) is 5.02 Å². The molecule has 21 heavy (non-hydrogen) atoms. The van der Waals surface area contributed by atoms with Gasteiger partial charge in [-0.2, -0.15) is 13.2 Å². The third-order valence-electron chi connectivity index (χ3n) is 2.95. The Morgan fingerprint density at radius 2 is 2.00 bits per heavy atom. The van der Waals surface area contributed by atoms with Crippen LogP contribution in [-0.2, 0) is 6.18 Å². The molecular formula is C14H12ClF4NS. The first-order chi connectivity index (χ1) is 9.84. The van der Waals surface area contributed by atoms with Gasteiger partial charge in [0.15, 0.2) is 0 Å². The van der Waals surface area contributed by atoms with Gasteiger partial charge in [0.2, 0.25) is 0 Å². The summed E-state index contributed by atoms with van der Waals surface area (Å²) in [4.78, 5) is 0.594. The van der Waals surface area contributed by atoms with E-state index in [1.165, 1.54) is 11.3 Å². The molecule has 1 aromatic carbocycles. The average molecular weight is 338 g/mol. The summed E-state index contributed by atoms with van der Waals surface area (Å²) >= 11 is 7.30. The van der Waals surface area contributed by atoms with Gasteiger partial charge in [-0.3, -0.25) is 0 Å². The first kappa shape index (κ1) is 16.3. The van der Waals surface area contributed by atoms with Crippen molar-refractivity contribution in [2.75, 3.05) is 6.54 Å². The molecular weight excluding hydrogens is 326 g/mol. The number of nitrogens with one attached hydrogen (secondary N) is 1. The van der Waals surface area contributed by atoms with Crippen LogP contribution >= 0.6 is 22.9 Å². The van der Waals surface area contributed by atoms with Crippen LogP contribution in [0.25, 0.3) is 0 Å². The van der Waals surface area contributed by atoms with E-state index >= 15 is 0 Å². The minimum absolute atomic E-state index is 0.0592. The zero-order valence-electron chi connectivity index (χ0n) is 11.0. The summed E-state index contributed by atoms with van der Waals surface area (Å²) in [6.45, 7) is 2.26. The third-order valence-corrected chi connectivity index (χ3v) is 4.37. The molecule has 0 fully saturated rings. The summed E-state index contributed by atoms with van der Waals surface area (Å²) in [7, 11) is 0. The minimum atomic E-state index is -4.52. The highest BCUT2D eigenvalue weighted by atomic mass is 35.5. The monoisotopic (exact) mass is 337 g/mol. The predicted octanol–water partition coefficient (Wildman–Crippen LogP) is 5.26. The highest BCUT2D eigenvalue weighted by Gasteiger charge is 2.32. The molecule has 0 radical (unpaired) electrons. The molecule has 114 valence electrons. The van der Waals surface area contributed by atoms with Gasteiger partial charge in [-0.1, -0.05) is 18.5 Å². The van der Waals surface area contributed by atoms with Crippen LogP contribution in [0.4, 0.5) is 17.6 Å². The van der Waals surface area contributed by atoms with Gasteiger partial charge in [-0.15, -0.1) is 11.3 Å². The Bertz CT molecular complexity index is 624. The van der Waals surface area contributed by atoms with Crippen LogP contribution in [-0.4, -0.2) is 6.54 Å². The first-order valence-electron chi connectivity index (χ1n) is 6.17. The number of thiophene rings is 1. The van der Waals surface area contributed by atoms with E-state index in [0.717, 1.165) is 18.2 Å². The van der Waals surface area contributed by atoms with Gasteiger partial charge in [0.1, 0.15) is 5.82 Å². The molecule has 0 amide bonds. The van der Waals surface area contributed by atoms with Crippen LogP contribution in [0.5, 0.6) is 0 Å². The van der Waals surface area contributed by atoms with Gasteiger partial charge in [-0.25, -0.2) is 4.39 Å². The fourth-order valence-corrected chi connectivity index (χ4v) is 3.26. The van der Waals surface area contributed by atoms with Crippen molar-refractivity contribution in [2.24, 2.45) is 0 Å². The van der Waals surface area contributed by atoms with Crippen LogP contribution in [0.3, 0.4) is 0 Å². The van der Waals surface area contributed by atoms with Gasteiger partial charge in [0, 0.05) is 10.4 Å². The van der Waals surface area contributed by atoms with Crippen molar-refractivity contribution in [3.63, 3.8) is 0 Å². The highest BCUT2D eigenvalue weighted by Crippen LogP contribution is 2.37. The van der Waals surface area contributed by atoms with Crippen molar-refractivity contribution in [1.82, 2.24) is 5.32 Å². The standard InChI is InChI=1S/C14H12ClF4NS/c1-2-20-12(13-10(15)5-6-21-13)9-7-8(14(17,18)19)3-4-11(9)16/h3-7,12,20H,2H2,1H3. The molecule has 1 aromatic heterocycles. The molecule has 0 aliphatic heterocycles. The summed E-state index contributed by atoms with van der Waals surface area (Å²) in [6.07, 6.45) is -4.52. The average Bonchev–Trinajstić information content (AvgIpc) is 2.82. The van der Waals surface area contributed by atoms with Crippen molar-refractivity contribution >= 4 is 22.9 Å². The second kappa shape index (κ2) is 6.34. The summed E-state index contributed by atoms with van der Waals surface area (Å²) in [5.74, 6) is -0.696. The Balaban J connectivity index is 2.52. The molecule has 0 spiro atoms. The summed E-state index contributed by atoms with van der Waals surface area (Å²) in [5, 5.41) is 5.10. The first-order valence-corrected chi connectivity index (χ1v) is 7.43. The molecule has 1 heterocycles. The normalized spacial score (nSPS) is 13.4. The summed E-state index contributed by atoms with van der Waals surface area (Å²) < 4.78 is 52.4. The van der Waals surface area contributed by atoms with E-state index < -0.39 is 23.6 Å². The highest BCUT2D eigenvalue weighted by molar-refractivity contribution is 7.10. The van der Waals surface area contributed by atoms with Crippen molar-refractivity contribution in [2.45, 2.75) is 19.1 Å². The van der Waals surface area contributed by atoms with Crippen molar-refractivity contribution in [3.8, 4) is 0 Å². The van der Waals surface area contributed by atoms with Gasteiger partial charge in [0.25, 0.3) is 0 Å². The zero-order valence-corrected chi connectivity index (χ0v) is 12.5. The maximum Gasteiger partial charge on any atom is 0.416 e. The van der Waals surface area contributed by atoms with Gasteiger partial charge in [-0.05, 0) is 36.2 Å². The Hall–Kier alpha value is -1.11. The molecule has 1 N–H and O–H groups in total. The number of hydrogen-bond donors (Lipinski definition) is 1. The van der Waals surface area contributed by atoms with E-state index in [0.29, 0.717) is 16.4 Å². The van der Waals surface area contributed by atoms with Crippen molar-refractivity contribution in [1.29, 1.82) is 0 Å². The predicted molar refractivity (Wildman–Crippen MR) is 76.3 cm³/mol. The topological polar surface area (TPSA) is 12.0 Å². The summed E-state index contributed by atoms with van der Waals surface area (Å²) in [6, 6.07) is 3.34. The number of hydrogen-bond acceptors (Lipinski definition) is 2. The van der Waals surface area contributed by atoms with E-state index in [1.807, 2.05) is 0 Å². The Kier molecular flexibility index (Phi) is 4.91. The van der Waals surface area contributed by atoms with Gasteiger partial charge in [0.05, 0.1) is 16.6 Å². The SMILES string of the molecule is CCNC(c1cc(C(F)(F)F)ccc1F)c1sccc1Cl. The van der Waals surface area contributed by atoms with Crippen LogP contribution in [0, 0.1) is 5.82 Å². The molecule has 0 saturated heterocycles. The molecule has 0 bridgehead atoms. The second-order valence-electron chi connectivity index (χ2n) is 4.36. The molecule has 1 unspecified atom stereocenters. The van der Waals surface area contributed by atoms with Crippen molar-refractivity contribution in [3.05, 3.63) is 56.5 Å². The molecule has 2 aromatic rings. The lowest BCUT2D eigenvalue weighted by atomic mass is 10.0. The Morgan fingerprint density at radius 1 is 1.29 bits per heavy atom. The summed E-state index contributed by atoms with van der Waals surface area (Å²) in [5.41, 5.74) is -0.939. The Labute approximate surface area is 128 Å². The number of alkyl halides is 3. The molecule has 2 rings (SSSR count). The third kappa shape index (κ3) is 3.56. The molecule has 0 saturated carbocycles. The smallest absolute Gasteiger partial charge is 0.306 e. The van der Waals surface area contributed by atoms with E-state index in [9.17, 15) is 17.6 Å². The van der Waals surface area contributed by atoms with E-state index in [1.54, 1.807) is 18.4 Å². The van der Waals surface area contributed by atoms with Crippen LogP contribution in [0.15, 0.2) is 29.6 Å². The second-order valence-corrected chi connectivity index (χ2v) is 5.71. The van der Waals surface area contributed by atoms with E-state index in [2.05, 4.69) is 5.32 Å². The van der Waals surface area contributed by atoms with Gasteiger partial charge >= 0.3 is 6.18 Å². The quantitative estimate of drug-likeness (QED) is 0.750. The van der Waals surface area contributed by atoms with Crippen LogP contribution < -0.4 is 5.32 Å². The maximum atomic E-state index is 14.0. The molecule has 0 aliphatic rings. The number of rotatable bonds is 4. The number of benzene rings is 1. The van der Waals surface area contributed by atoms with Gasteiger partial charge < -0.3 is 5.32 Å². The molecule has 0 aliphatic carbocycles. The molecule has 7 heteroatoms.